The molecular weight excluding hydrogens is 344 g/mol. The molecule has 0 aliphatic rings. The van der Waals surface area contributed by atoms with Crippen LogP contribution in [0.3, 0.4) is 0 Å². The highest BCUT2D eigenvalue weighted by Crippen LogP contribution is 2.14. The molecule has 1 heterocycles. The van der Waals surface area contributed by atoms with Gasteiger partial charge in [-0.15, -0.1) is 0 Å². The molecule has 3 aromatic rings. The maximum Gasteiger partial charge on any atom is 0.251 e. The second-order valence-electron chi connectivity index (χ2n) is 5.40. The van der Waals surface area contributed by atoms with E-state index in [1.807, 2.05) is 54.6 Å². The lowest BCUT2D eigenvalue weighted by molar-refractivity contribution is -0.645. The van der Waals surface area contributed by atoms with E-state index in [4.69, 9.17) is 0 Å². The lowest BCUT2D eigenvalue weighted by atomic mass is 10.1. The minimum absolute atomic E-state index is 0.159. The van der Waals surface area contributed by atoms with E-state index >= 15 is 0 Å². The first-order valence-electron chi connectivity index (χ1n) is 7.99. The quantitative estimate of drug-likeness (QED) is 0.336. The van der Waals surface area contributed by atoms with E-state index < -0.39 is 0 Å². The third kappa shape index (κ3) is 5.13. The molecule has 0 spiro atoms. The van der Waals surface area contributed by atoms with E-state index in [-0.39, 0.29) is 11.7 Å². The molecule has 1 N–H and O–H groups in total. The predicted octanol–water partition coefficient (Wildman–Crippen LogP) is 3.45. The number of anilines is 1. The molecule has 3 rings (SSSR count). The summed E-state index contributed by atoms with van der Waals surface area (Å²) >= 11 is 1.20. The van der Waals surface area contributed by atoms with Gasteiger partial charge in [0, 0.05) is 28.9 Å². The van der Waals surface area contributed by atoms with Crippen LogP contribution in [0.2, 0.25) is 0 Å². The van der Waals surface area contributed by atoms with Gasteiger partial charge in [0.2, 0.25) is 5.91 Å². The number of rotatable bonds is 4. The van der Waals surface area contributed by atoms with Gasteiger partial charge in [0.15, 0.2) is 6.20 Å². The Morgan fingerprint density at radius 2 is 1.69 bits per heavy atom. The van der Waals surface area contributed by atoms with Crippen molar-refractivity contribution in [2.75, 3.05) is 11.1 Å². The molecule has 0 bridgehead atoms. The third-order valence-corrected chi connectivity index (χ3v) is 4.43. The van der Waals surface area contributed by atoms with Crippen molar-refractivity contribution >= 4 is 23.4 Å². The lowest BCUT2D eigenvalue weighted by Crippen LogP contribution is -2.28. The molecule has 0 saturated heterocycles. The maximum atomic E-state index is 12.1. The Bertz CT molecular complexity index is 962. The van der Waals surface area contributed by atoms with Crippen LogP contribution in [0.15, 0.2) is 84.0 Å². The maximum absolute atomic E-state index is 12.1. The summed E-state index contributed by atoms with van der Waals surface area (Å²) in [6, 6.07) is 22.2. The largest absolute Gasteiger partial charge is 0.618 e. The van der Waals surface area contributed by atoms with Crippen molar-refractivity contribution in [1.82, 2.24) is 0 Å². The number of nitrogens with one attached hydrogen (secondary N) is 1. The van der Waals surface area contributed by atoms with Crippen LogP contribution in [0.1, 0.15) is 11.1 Å². The highest BCUT2D eigenvalue weighted by molar-refractivity contribution is 7.99. The number of carbonyl (C=O) groups excluding carboxylic acids is 1. The molecule has 128 valence electrons. The summed E-state index contributed by atoms with van der Waals surface area (Å²) in [6.07, 6.45) is 1.41. The van der Waals surface area contributed by atoms with Crippen molar-refractivity contribution < 1.29 is 9.52 Å². The fraction of sp³-hybridized carbons (Fsp3) is 0.0476. The molecule has 5 heteroatoms. The Labute approximate surface area is 156 Å². The molecule has 0 saturated carbocycles. The molecule has 2 aromatic carbocycles. The Balaban J connectivity index is 1.61. The van der Waals surface area contributed by atoms with Crippen LogP contribution >= 0.6 is 11.8 Å². The molecular formula is C21H16N2O2S. The van der Waals surface area contributed by atoms with Gasteiger partial charge < -0.3 is 10.5 Å². The van der Waals surface area contributed by atoms with Crippen molar-refractivity contribution in [3.05, 3.63) is 95.3 Å². The molecule has 26 heavy (non-hydrogen) atoms. The molecule has 0 unspecified atom stereocenters. The zero-order valence-electron chi connectivity index (χ0n) is 13.9. The van der Waals surface area contributed by atoms with E-state index in [0.29, 0.717) is 10.7 Å². The van der Waals surface area contributed by atoms with Gasteiger partial charge in [-0.2, -0.15) is 4.73 Å². The van der Waals surface area contributed by atoms with Crippen LogP contribution in [0, 0.1) is 17.0 Å². The summed E-state index contributed by atoms with van der Waals surface area (Å²) in [5, 5.41) is 14.9. The van der Waals surface area contributed by atoms with Crippen molar-refractivity contribution in [3.8, 4) is 11.8 Å². The van der Waals surface area contributed by atoms with E-state index in [2.05, 4.69) is 17.2 Å². The SMILES string of the molecule is O=C(CSc1cccc[n+]1[O-])Nc1cccc(C#Cc2ccccc2)c1. The standard InChI is InChI=1S/C21H16N2O2S/c24-20(16-26-21-11-4-5-14-23(21)25)22-19-10-6-9-18(15-19)13-12-17-7-2-1-3-8-17/h1-11,14-15H,16H2,(H,22,24). The van der Waals surface area contributed by atoms with Crippen molar-refractivity contribution in [2.45, 2.75) is 5.03 Å². The number of nitrogens with zero attached hydrogens (tertiary/aromatic N) is 1. The minimum atomic E-state index is -0.174. The zero-order valence-corrected chi connectivity index (χ0v) is 14.7. The first-order chi connectivity index (χ1) is 12.7. The van der Waals surface area contributed by atoms with Gasteiger partial charge in [-0.1, -0.05) is 36.1 Å². The van der Waals surface area contributed by atoms with Crippen LogP contribution in [-0.2, 0) is 4.79 Å². The van der Waals surface area contributed by atoms with E-state index in [1.165, 1.54) is 18.0 Å². The van der Waals surface area contributed by atoms with Gasteiger partial charge in [0.25, 0.3) is 5.03 Å². The normalized spacial score (nSPS) is 9.85. The predicted molar refractivity (Wildman–Crippen MR) is 104 cm³/mol. The Kier molecular flexibility index (Phi) is 5.92. The fourth-order valence-corrected chi connectivity index (χ4v) is 2.92. The van der Waals surface area contributed by atoms with Gasteiger partial charge in [0.1, 0.15) is 0 Å². The summed E-state index contributed by atoms with van der Waals surface area (Å²) in [6.45, 7) is 0. The number of amides is 1. The fourth-order valence-electron chi connectivity index (χ4n) is 2.20. The van der Waals surface area contributed by atoms with Crippen molar-refractivity contribution in [3.63, 3.8) is 0 Å². The van der Waals surface area contributed by atoms with Crippen LogP contribution in [0.4, 0.5) is 5.69 Å². The molecule has 0 fully saturated rings. The highest BCUT2D eigenvalue weighted by atomic mass is 32.2. The molecule has 0 aliphatic heterocycles. The lowest BCUT2D eigenvalue weighted by Gasteiger charge is -2.06. The van der Waals surface area contributed by atoms with Crippen LogP contribution in [-0.4, -0.2) is 11.7 Å². The minimum Gasteiger partial charge on any atom is -0.618 e. The van der Waals surface area contributed by atoms with E-state index in [9.17, 15) is 10.0 Å². The molecule has 4 nitrogen and oxygen atoms in total. The molecule has 0 radical (unpaired) electrons. The molecule has 1 aromatic heterocycles. The van der Waals surface area contributed by atoms with Crippen molar-refractivity contribution in [1.29, 1.82) is 0 Å². The number of hydrogen-bond donors (Lipinski definition) is 1. The Morgan fingerprint density at radius 1 is 0.962 bits per heavy atom. The molecule has 0 atom stereocenters. The Morgan fingerprint density at radius 3 is 2.50 bits per heavy atom. The summed E-state index contributed by atoms with van der Waals surface area (Å²) in [5.41, 5.74) is 2.44. The average molecular weight is 360 g/mol. The van der Waals surface area contributed by atoms with Crippen LogP contribution in [0.25, 0.3) is 0 Å². The Hall–Kier alpha value is -3.23. The van der Waals surface area contributed by atoms with Crippen LogP contribution < -0.4 is 10.0 Å². The third-order valence-electron chi connectivity index (χ3n) is 3.41. The first kappa shape index (κ1) is 17.6. The van der Waals surface area contributed by atoms with Gasteiger partial charge in [-0.05, 0) is 48.2 Å². The molecule has 1 amide bonds. The second kappa shape index (κ2) is 8.75. The number of pyridine rings is 1. The van der Waals surface area contributed by atoms with Gasteiger partial charge in [-0.25, -0.2) is 0 Å². The number of aromatic nitrogens is 1. The summed E-state index contributed by atoms with van der Waals surface area (Å²) in [7, 11) is 0. The van der Waals surface area contributed by atoms with Gasteiger partial charge in [0.05, 0.1) is 5.75 Å². The van der Waals surface area contributed by atoms with E-state index in [1.54, 1.807) is 18.2 Å². The van der Waals surface area contributed by atoms with Crippen molar-refractivity contribution in [2.24, 2.45) is 0 Å². The molecule has 0 aliphatic carbocycles. The zero-order chi connectivity index (χ0) is 18.2. The number of hydrogen-bond acceptors (Lipinski definition) is 3. The summed E-state index contributed by atoms with van der Waals surface area (Å²) in [4.78, 5) is 12.1. The smallest absolute Gasteiger partial charge is 0.251 e. The van der Waals surface area contributed by atoms with Gasteiger partial charge >= 0.3 is 0 Å². The number of thioether (sulfide) groups is 1. The number of benzene rings is 2. The first-order valence-corrected chi connectivity index (χ1v) is 8.97. The second-order valence-corrected chi connectivity index (χ2v) is 6.39. The number of carbonyl (C=O) groups is 1. The topological polar surface area (TPSA) is 56.0 Å². The monoisotopic (exact) mass is 360 g/mol. The van der Waals surface area contributed by atoms with Gasteiger partial charge in [-0.3, -0.25) is 4.79 Å². The summed E-state index contributed by atoms with van der Waals surface area (Å²) in [5.74, 6) is 6.16. The van der Waals surface area contributed by atoms with Crippen LogP contribution in [0.5, 0.6) is 0 Å². The average Bonchev–Trinajstić information content (AvgIpc) is 2.67. The van der Waals surface area contributed by atoms with E-state index in [0.717, 1.165) is 15.9 Å². The summed E-state index contributed by atoms with van der Waals surface area (Å²) < 4.78 is 0.748. The highest BCUT2D eigenvalue weighted by Gasteiger charge is 2.09.